The number of aryl methyl sites for hydroxylation is 2. The summed E-state index contributed by atoms with van der Waals surface area (Å²) in [7, 11) is 0. The summed E-state index contributed by atoms with van der Waals surface area (Å²) in [4.78, 5) is 14.3. The van der Waals surface area contributed by atoms with Crippen molar-refractivity contribution in [3.8, 4) is 0 Å². The summed E-state index contributed by atoms with van der Waals surface area (Å²) >= 11 is 0. The monoisotopic (exact) mass is 300 g/mol. The second kappa shape index (κ2) is 6.17. The first-order chi connectivity index (χ1) is 10.6. The number of piperidine rings is 1. The molecule has 116 valence electrons. The number of carbonyl (C=O) groups excluding carboxylic acids is 1. The van der Waals surface area contributed by atoms with Gasteiger partial charge in [0.1, 0.15) is 11.6 Å². The van der Waals surface area contributed by atoms with Crippen LogP contribution in [0.2, 0.25) is 0 Å². The molecule has 1 amide bonds. The zero-order chi connectivity index (χ0) is 15.5. The molecule has 6 nitrogen and oxygen atoms in total. The molecule has 0 unspecified atom stereocenters. The first kappa shape index (κ1) is 14.6. The fourth-order valence-electron chi connectivity index (χ4n) is 2.69. The summed E-state index contributed by atoms with van der Waals surface area (Å²) in [5.74, 6) is 1.53. The van der Waals surface area contributed by atoms with E-state index < -0.39 is 0 Å². The van der Waals surface area contributed by atoms with Gasteiger partial charge in [-0.2, -0.15) is 5.10 Å². The number of rotatable bonds is 3. The lowest BCUT2D eigenvalue weighted by atomic mass is 10.0. The molecule has 0 spiro atoms. The van der Waals surface area contributed by atoms with Crippen LogP contribution in [0.1, 0.15) is 34.7 Å². The maximum atomic E-state index is 12.4. The van der Waals surface area contributed by atoms with Gasteiger partial charge in [0, 0.05) is 19.1 Å². The van der Waals surface area contributed by atoms with E-state index in [9.17, 15) is 4.79 Å². The van der Waals surface area contributed by atoms with Crippen molar-refractivity contribution in [1.82, 2.24) is 15.1 Å². The van der Waals surface area contributed by atoms with E-state index in [-0.39, 0.29) is 5.91 Å². The van der Waals surface area contributed by atoms with Crippen molar-refractivity contribution in [2.45, 2.75) is 32.7 Å². The Bertz CT molecular complexity index is 642. The van der Waals surface area contributed by atoms with Gasteiger partial charge in [-0.05, 0) is 44.9 Å². The number of nitrogens with one attached hydrogen (secondary N) is 1. The van der Waals surface area contributed by atoms with Crippen molar-refractivity contribution in [3.63, 3.8) is 0 Å². The Morgan fingerprint density at radius 1 is 1.23 bits per heavy atom. The number of hydrogen-bond donors (Lipinski definition) is 1. The van der Waals surface area contributed by atoms with E-state index in [4.69, 9.17) is 4.42 Å². The number of anilines is 1. The summed E-state index contributed by atoms with van der Waals surface area (Å²) in [6.07, 6.45) is 3.36. The molecule has 0 saturated carbocycles. The number of likely N-dealkylation sites (tertiary alicyclic amines) is 1. The SMILES string of the molecule is Cc1ccc(NC2CCN(C(=O)c3ccoc3C)CC2)nn1. The molecule has 2 aromatic heterocycles. The molecule has 0 bridgehead atoms. The van der Waals surface area contributed by atoms with Crippen LogP contribution in [0, 0.1) is 13.8 Å². The van der Waals surface area contributed by atoms with Gasteiger partial charge in [0.05, 0.1) is 17.5 Å². The maximum absolute atomic E-state index is 12.4. The standard InChI is InChI=1S/C16H20N4O2/c1-11-3-4-15(19-18-11)17-13-5-8-20(9-6-13)16(21)14-7-10-22-12(14)2/h3-4,7,10,13H,5-6,8-9H2,1-2H3,(H,17,19). The van der Waals surface area contributed by atoms with Crippen LogP contribution in [-0.2, 0) is 0 Å². The number of carbonyl (C=O) groups is 1. The number of aromatic nitrogens is 2. The lowest BCUT2D eigenvalue weighted by Crippen LogP contribution is -2.42. The highest BCUT2D eigenvalue weighted by Crippen LogP contribution is 2.19. The Morgan fingerprint density at radius 2 is 2.00 bits per heavy atom. The minimum absolute atomic E-state index is 0.0554. The predicted molar refractivity (Wildman–Crippen MR) is 82.8 cm³/mol. The molecule has 0 aromatic carbocycles. The quantitative estimate of drug-likeness (QED) is 0.942. The van der Waals surface area contributed by atoms with Gasteiger partial charge in [-0.15, -0.1) is 5.10 Å². The van der Waals surface area contributed by atoms with Crippen molar-refractivity contribution in [2.24, 2.45) is 0 Å². The molecule has 1 aliphatic rings. The van der Waals surface area contributed by atoms with E-state index in [1.54, 1.807) is 12.3 Å². The van der Waals surface area contributed by atoms with Crippen LogP contribution < -0.4 is 5.32 Å². The molecule has 3 heterocycles. The van der Waals surface area contributed by atoms with Crippen molar-refractivity contribution >= 4 is 11.7 Å². The number of hydrogen-bond acceptors (Lipinski definition) is 5. The van der Waals surface area contributed by atoms with Crippen molar-refractivity contribution < 1.29 is 9.21 Å². The fraction of sp³-hybridized carbons (Fsp3) is 0.438. The van der Waals surface area contributed by atoms with Gasteiger partial charge in [0.15, 0.2) is 0 Å². The third-order valence-corrected chi connectivity index (χ3v) is 4.02. The summed E-state index contributed by atoms with van der Waals surface area (Å²) in [5, 5.41) is 11.6. The van der Waals surface area contributed by atoms with E-state index in [1.165, 1.54) is 0 Å². The summed E-state index contributed by atoms with van der Waals surface area (Å²) in [6.45, 7) is 5.21. The Labute approximate surface area is 129 Å². The molecule has 1 fully saturated rings. The van der Waals surface area contributed by atoms with Crippen molar-refractivity contribution in [2.75, 3.05) is 18.4 Å². The predicted octanol–water partition coefficient (Wildman–Crippen LogP) is 2.40. The number of furan rings is 1. The third kappa shape index (κ3) is 3.10. The minimum Gasteiger partial charge on any atom is -0.469 e. The second-order valence-electron chi connectivity index (χ2n) is 5.66. The molecule has 0 aliphatic carbocycles. The van der Waals surface area contributed by atoms with E-state index >= 15 is 0 Å². The van der Waals surface area contributed by atoms with Crippen LogP contribution in [-0.4, -0.2) is 40.1 Å². The third-order valence-electron chi connectivity index (χ3n) is 4.02. The van der Waals surface area contributed by atoms with Gasteiger partial charge in [0.2, 0.25) is 0 Å². The average Bonchev–Trinajstić information content (AvgIpc) is 2.96. The van der Waals surface area contributed by atoms with Crippen LogP contribution in [0.3, 0.4) is 0 Å². The van der Waals surface area contributed by atoms with Crippen LogP contribution >= 0.6 is 0 Å². The van der Waals surface area contributed by atoms with Gasteiger partial charge in [0.25, 0.3) is 5.91 Å². The van der Waals surface area contributed by atoms with E-state index in [1.807, 2.05) is 30.9 Å². The summed E-state index contributed by atoms with van der Waals surface area (Å²) in [6, 6.07) is 5.94. The Hall–Kier alpha value is -2.37. The molecule has 1 aliphatic heterocycles. The van der Waals surface area contributed by atoms with Gasteiger partial charge in [-0.1, -0.05) is 0 Å². The molecular weight excluding hydrogens is 280 g/mol. The molecule has 0 atom stereocenters. The van der Waals surface area contributed by atoms with Crippen LogP contribution in [0.25, 0.3) is 0 Å². The number of amides is 1. The fourth-order valence-corrected chi connectivity index (χ4v) is 2.69. The Morgan fingerprint density at radius 3 is 2.59 bits per heavy atom. The summed E-state index contributed by atoms with van der Waals surface area (Å²) in [5.41, 5.74) is 1.57. The first-order valence-electron chi connectivity index (χ1n) is 7.54. The minimum atomic E-state index is 0.0554. The maximum Gasteiger partial charge on any atom is 0.257 e. The smallest absolute Gasteiger partial charge is 0.257 e. The van der Waals surface area contributed by atoms with Crippen LogP contribution in [0.5, 0.6) is 0 Å². The van der Waals surface area contributed by atoms with Gasteiger partial charge < -0.3 is 14.6 Å². The second-order valence-corrected chi connectivity index (χ2v) is 5.66. The Kier molecular flexibility index (Phi) is 4.09. The molecule has 22 heavy (non-hydrogen) atoms. The lowest BCUT2D eigenvalue weighted by molar-refractivity contribution is 0.0716. The van der Waals surface area contributed by atoms with Gasteiger partial charge >= 0.3 is 0 Å². The van der Waals surface area contributed by atoms with Gasteiger partial charge in [-0.3, -0.25) is 4.79 Å². The van der Waals surface area contributed by atoms with Gasteiger partial charge in [-0.25, -0.2) is 0 Å². The molecule has 6 heteroatoms. The van der Waals surface area contributed by atoms with Crippen LogP contribution in [0.15, 0.2) is 28.9 Å². The lowest BCUT2D eigenvalue weighted by Gasteiger charge is -2.32. The molecule has 1 saturated heterocycles. The highest BCUT2D eigenvalue weighted by atomic mass is 16.3. The molecule has 0 radical (unpaired) electrons. The van der Waals surface area contributed by atoms with Crippen molar-refractivity contribution in [3.05, 3.63) is 41.5 Å². The molecule has 2 aromatic rings. The summed E-state index contributed by atoms with van der Waals surface area (Å²) < 4.78 is 5.21. The van der Waals surface area contributed by atoms with E-state index in [0.29, 0.717) is 17.4 Å². The van der Waals surface area contributed by atoms with E-state index in [0.717, 1.165) is 37.4 Å². The molecule has 3 rings (SSSR count). The Balaban J connectivity index is 1.55. The van der Waals surface area contributed by atoms with E-state index in [2.05, 4.69) is 15.5 Å². The highest BCUT2D eigenvalue weighted by molar-refractivity contribution is 5.95. The van der Waals surface area contributed by atoms with Crippen molar-refractivity contribution in [1.29, 1.82) is 0 Å². The highest BCUT2D eigenvalue weighted by Gasteiger charge is 2.25. The first-order valence-corrected chi connectivity index (χ1v) is 7.54. The zero-order valence-electron chi connectivity index (χ0n) is 12.9. The number of nitrogens with zero attached hydrogens (tertiary/aromatic N) is 3. The van der Waals surface area contributed by atoms with Crippen LogP contribution in [0.4, 0.5) is 5.82 Å². The topological polar surface area (TPSA) is 71.3 Å². The normalized spacial score (nSPS) is 15.8. The molecule has 1 N–H and O–H groups in total. The average molecular weight is 300 g/mol. The molecular formula is C16H20N4O2. The largest absolute Gasteiger partial charge is 0.469 e. The zero-order valence-corrected chi connectivity index (χ0v) is 12.9.